The van der Waals surface area contributed by atoms with Crippen molar-refractivity contribution in [2.75, 3.05) is 19.0 Å². The van der Waals surface area contributed by atoms with Crippen molar-refractivity contribution in [2.24, 2.45) is 0 Å². The number of rotatable bonds is 7. The highest BCUT2D eigenvalue weighted by Crippen LogP contribution is 2.17. The van der Waals surface area contributed by atoms with Gasteiger partial charge >= 0.3 is 0 Å². The van der Waals surface area contributed by atoms with E-state index in [1.54, 1.807) is 12.1 Å². The first-order valence-electron chi connectivity index (χ1n) is 6.21. The maximum atomic E-state index is 12.3. The van der Waals surface area contributed by atoms with Crippen LogP contribution >= 0.6 is 11.6 Å². The Labute approximate surface area is 115 Å². The second-order valence-corrected chi connectivity index (χ2v) is 6.40. The van der Waals surface area contributed by atoms with Gasteiger partial charge in [-0.3, -0.25) is 0 Å². The minimum absolute atomic E-state index is 0.307. The summed E-state index contributed by atoms with van der Waals surface area (Å²) in [4.78, 5) is 0.342. The van der Waals surface area contributed by atoms with Crippen molar-refractivity contribution in [3.8, 4) is 0 Å². The van der Waals surface area contributed by atoms with Gasteiger partial charge < -0.3 is 0 Å². The van der Waals surface area contributed by atoms with Crippen LogP contribution in [-0.4, -0.2) is 31.7 Å². The highest BCUT2D eigenvalue weighted by Gasteiger charge is 2.22. The van der Waals surface area contributed by atoms with Crippen LogP contribution in [0.15, 0.2) is 29.2 Å². The van der Waals surface area contributed by atoms with E-state index in [1.165, 1.54) is 4.31 Å². The summed E-state index contributed by atoms with van der Waals surface area (Å²) in [6.07, 6.45) is 2.03. The van der Waals surface area contributed by atoms with Crippen molar-refractivity contribution in [2.45, 2.75) is 31.6 Å². The predicted molar refractivity (Wildman–Crippen MR) is 75.6 cm³/mol. The van der Waals surface area contributed by atoms with Crippen molar-refractivity contribution >= 4 is 21.6 Å². The molecule has 18 heavy (non-hydrogen) atoms. The second kappa shape index (κ2) is 7.12. The van der Waals surface area contributed by atoms with E-state index in [9.17, 15) is 8.42 Å². The molecular weight excluding hydrogens is 270 g/mol. The molecule has 0 bridgehead atoms. The number of hydrogen-bond donors (Lipinski definition) is 0. The molecule has 5 heteroatoms. The molecule has 0 aliphatic rings. The number of sulfonamides is 1. The highest BCUT2D eigenvalue weighted by atomic mass is 35.5. The molecule has 1 aromatic rings. The van der Waals surface area contributed by atoms with Crippen molar-refractivity contribution in [1.82, 2.24) is 4.31 Å². The second-order valence-electron chi connectivity index (χ2n) is 4.08. The number of nitrogens with zero attached hydrogens (tertiary/aromatic N) is 1. The standard InChI is InChI=1S/C13H20ClNO2S/c1-3-5-12-6-8-13(9-7-12)18(16,17)15(4-2)11-10-14/h6-9H,3-5,10-11H2,1-2H3. The summed E-state index contributed by atoms with van der Waals surface area (Å²) in [5.74, 6) is 0.307. The van der Waals surface area contributed by atoms with E-state index in [0.29, 0.717) is 23.9 Å². The zero-order chi connectivity index (χ0) is 13.6. The molecule has 0 unspecified atom stereocenters. The van der Waals surface area contributed by atoms with Crippen molar-refractivity contribution in [3.63, 3.8) is 0 Å². The Morgan fingerprint density at radius 1 is 1.17 bits per heavy atom. The lowest BCUT2D eigenvalue weighted by Gasteiger charge is -2.19. The Bertz CT molecular complexity index is 456. The summed E-state index contributed by atoms with van der Waals surface area (Å²) in [6.45, 7) is 4.70. The highest BCUT2D eigenvalue weighted by molar-refractivity contribution is 7.89. The lowest BCUT2D eigenvalue weighted by Crippen LogP contribution is -2.32. The van der Waals surface area contributed by atoms with E-state index in [0.717, 1.165) is 18.4 Å². The van der Waals surface area contributed by atoms with Crippen LogP contribution in [0, 0.1) is 0 Å². The Morgan fingerprint density at radius 2 is 1.78 bits per heavy atom. The molecule has 0 heterocycles. The zero-order valence-electron chi connectivity index (χ0n) is 10.9. The monoisotopic (exact) mass is 289 g/mol. The van der Waals surface area contributed by atoms with Crippen molar-refractivity contribution in [1.29, 1.82) is 0 Å². The summed E-state index contributed by atoms with van der Waals surface area (Å²) in [5, 5.41) is 0. The molecule has 0 saturated heterocycles. The Hall–Kier alpha value is -0.580. The van der Waals surface area contributed by atoms with Gasteiger partial charge in [0.05, 0.1) is 4.90 Å². The van der Waals surface area contributed by atoms with Gasteiger partial charge in [0, 0.05) is 19.0 Å². The van der Waals surface area contributed by atoms with Crippen molar-refractivity contribution in [3.05, 3.63) is 29.8 Å². The lowest BCUT2D eigenvalue weighted by atomic mass is 10.1. The third-order valence-corrected chi connectivity index (χ3v) is 4.94. The summed E-state index contributed by atoms with van der Waals surface area (Å²) < 4.78 is 26.0. The lowest BCUT2D eigenvalue weighted by molar-refractivity contribution is 0.447. The maximum Gasteiger partial charge on any atom is 0.243 e. The number of alkyl halides is 1. The van der Waals surface area contributed by atoms with Gasteiger partial charge in [-0.25, -0.2) is 8.42 Å². The summed E-state index contributed by atoms with van der Waals surface area (Å²) in [6, 6.07) is 7.12. The summed E-state index contributed by atoms with van der Waals surface area (Å²) in [5.41, 5.74) is 1.16. The molecule has 3 nitrogen and oxygen atoms in total. The van der Waals surface area contributed by atoms with E-state index in [2.05, 4.69) is 6.92 Å². The third-order valence-electron chi connectivity index (χ3n) is 2.79. The Kier molecular flexibility index (Phi) is 6.12. The minimum atomic E-state index is -3.40. The first kappa shape index (κ1) is 15.5. The van der Waals surface area contributed by atoms with E-state index in [1.807, 2.05) is 19.1 Å². The third kappa shape index (κ3) is 3.70. The zero-order valence-corrected chi connectivity index (χ0v) is 12.5. The molecule has 0 fully saturated rings. The number of hydrogen-bond acceptors (Lipinski definition) is 2. The first-order valence-corrected chi connectivity index (χ1v) is 8.18. The molecule has 0 atom stereocenters. The number of halogens is 1. The average Bonchev–Trinajstić information content (AvgIpc) is 2.36. The van der Waals surface area contributed by atoms with E-state index in [-0.39, 0.29) is 0 Å². The van der Waals surface area contributed by atoms with Crippen LogP contribution in [-0.2, 0) is 16.4 Å². The van der Waals surface area contributed by atoms with Crippen LogP contribution in [0.5, 0.6) is 0 Å². The Morgan fingerprint density at radius 3 is 2.22 bits per heavy atom. The van der Waals surface area contributed by atoms with Gasteiger partial charge in [-0.05, 0) is 24.1 Å². The molecule has 0 saturated carbocycles. The minimum Gasteiger partial charge on any atom is -0.207 e. The van der Waals surface area contributed by atoms with Crippen LogP contribution in [0.25, 0.3) is 0 Å². The van der Waals surface area contributed by atoms with Gasteiger partial charge in [0.2, 0.25) is 10.0 Å². The predicted octanol–water partition coefficient (Wildman–Crippen LogP) is 2.89. The smallest absolute Gasteiger partial charge is 0.207 e. The van der Waals surface area contributed by atoms with Gasteiger partial charge in [0.25, 0.3) is 0 Å². The summed E-state index contributed by atoms with van der Waals surface area (Å²) in [7, 11) is -3.40. The SMILES string of the molecule is CCCc1ccc(S(=O)(=O)N(CC)CCCl)cc1. The fraction of sp³-hybridized carbons (Fsp3) is 0.538. The van der Waals surface area contributed by atoms with E-state index >= 15 is 0 Å². The van der Waals surface area contributed by atoms with E-state index < -0.39 is 10.0 Å². The van der Waals surface area contributed by atoms with Gasteiger partial charge in [0.15, 0.2) is 0 Å². The van der Waals surface area contributed by atoms with Crippen LogP contribution < -0.4 is 0 Å². The molecule has 1 rings (SSSR count). The molecule has 0 N–H and O–H groups in total. The molecule has 102 valence electrons. The van der Waals surface area contributed by atoms with Crippen LogP contribution in [0.2, 0.25) is 0 Å². The molecule has 0 aliphatic carbocycles. The van der Waals surface area contributed by atoms with Gasteiger partial charge in [-0.1, -0.05) is 32.4 Å². The fourth-order valence-electron chi connectivity index (χ4n) is 1.81. The largest absolute Gasteiger partial charge is 0.243 e. The molecule has 0 aromatic heterocycles. The summed E-state index contributed by atoms with van der Waals surface area (Å²) >= 11 is 5.63. The molecule has 0 aliphatic heterocycles. The first-order chi connectivity index (χ1) is 8.56. The molecule has 0 radical (unpaired) electrons. The van der Waals surface area contributed by atoms with Crippen LogP contribution in [0.4, 0.5) is 0 Å². The van der Waals surface area contributed by atoms with Crippen molar-refractivity contribution < 1.29 is 8.42 Å². The normalized spacial score (nSPS) is 12.0. The average molecular weight is 290 g/mol. The number of aryl methyl sites for hydroxylation is 1. The fourth-order valence-corrected chi connectivity index (χ4v) is 3.56. The van der Waals surface area contributed by atoms with E-state index in [4.69, 9.17) is 11.6 Å². The molecule has 0 spiro atoms. The molecule has 0 amide bonds. The Balaban J connectivity index is 2.97. The van der Waals surface area contributed by atoms with Gasteiger partial charge in [-0.15, -0.1) is 11.6 Å². The molecule has 1 aromatic carbocycles. The van der Waals surface area contributed by atoms with Gasteiger partial charge in [0.1, 0.15) is 0 Å². The maximum absolute atomic E-state index is 12.3. The van der Waals surface area contributed by atoms with Crippen LogP contribution in [0.1, 0.15) is 25.8 Å². The van der Waals surface area contributed by atoms with Crippen LogP contribution in [0.3, 0.4) is 0 Å². The number of benzene rings is 1. The molecular formula is C13H20ClNO2S. The quantitative estimate of drug-likeness (QED) is 0.724. The van der Waals surface area contributed by atoms with Gasteiger partial charge in [-0.2, -0.15) is 4.31 Å². The topological polar surface area (TPSA) is 37.4 Å².